The number of likely N-dealkylation sites (N-methyl/N-ethyl adjacent to an activating group) is 1. The van der Waals surface area contributed by atoms with Gasteiger partial charge in [0, 0.05) is 26.7 Å². The summed E-state index contributed by atoms with van der Waals surface area (Å²) in [5.74, 6) is -0.0567. The van der Waals surface area contributed by atoms with E-state index in [2.05, 4.69) is 38.3 Å². The van der Waals surface area contributed by atoms with Gasteiger partial charge in [-0.25, -0.2) is 4.79 Å². The minimum atomic E-state index is -0.624. The van der Waals surface area contributed by atoms with Crippen molar-refractivity contribution in [3.63, 3.8) is 0 Å². The number of piperidine rings is 1. The van der Waals surface area contributed by atoms with Crippen LogP contribution >= 0.6 is 0 Å². The van der Waals surface area contributed by atoms with Crippen LogP contribution in [-0.4, -0.2) is 91.2 Å². The van der Waals surface area contributed by atoms with Crippen LogP contribution in [0.15, 0.2) is 0 Å². The van der Waals surface area contributed by atoms with Gasteiger partial charge >= 0.3 is 6.09 Å². The highest BCUT2D eigenvalue weighted by molar-refractivity contribution is 5.90. The first-order valence-electron chi connectivity index (χ1n) is 15.0. The van der Waals surface area contributed by atoms with Gasteiger partial charge in [-0.1, -0.05) is 47.5 Å². The molecule has 1 saturated heterocycles. The van der Waals surface area contributed by atoms with Crippen LogP contribution in [-0.2, 0) is 23.9 Å². The molecule has 0 aromatic heterocycles. The monoisotopic (exact) mass is 570 g/mol. The van der Waals surface area contributed by atoms with Crippen LogP contribution in [0.4, 0.5) is 4.79 Å². The zero-order chi connectivity index (χ0) is 31.0. The van der Waals surface area contributed by atoms with Crippen molar-refractivity contribution in [3.05, 3.63) is 0 Å². The highest BCUT2D eigenvalue weighted by Crippen LogP contribution is 2.43. The molecular formula is C30H58N4O6. The molecule has 4 amide bonds. The number of nitrogens with one attached hydrogen (secondary N) is 2. The summed E-state index contributed by atoms with van der Waals surface area (Å²) in [4.78, 5) is 51.5. The second-order valence-electron chi connectivity index (χ2n) is 11.7. The molecule has 234 valence electrons. The van der Waals surface area contributed by atoms with E-state index in [1.54, 1.807) is 24.0 Å². The van der Waals surface area contributed by atoms with Crippen LogP contribution in [0.2, 0.25) is 0 Å². The van der Waals surface area contributed by atoms with Gasteiger partial charge in [0.05, 0.1) is 18.7 Å². The van der Waals surface area contributed by atoms with Crippen molar-refractivity contribution in [2.45, 2.75) is 131 Å². The lowest BCUT2D eigenvalue weighted by atomic mass is 9.91. The van der Waals surface area contributed by atoms with Crippen LogP contribution in [0.25, 0.3) is 0 Å². The van der Waals surface area contributed by atoms with Gasteiger partial charge in [-0.15, -0.1) is 0 Å². The summed E-state index contributed by atoms with van der Waals surface area (Å²) in [5, 5.41) is 5.23. The van der Waals surface area contributed by atoms with Gasteiger partial charge in [-0.05, 0) is 65.2 Å². The first-order chi connectivity index (χ1) is 18.8. The predicted octanol–water partition coefficient (Wildman–Crippen LogP) is 4.36. The van der Waals surface area contributed by atoms with Gasteiger partial charge in [0.2, 0.25) is 18.2 Å². The second-order valence-corrected chi connectivity index (χ2v) is 11.7. The molecule has 2 fully saturated rings. The molecule has 1 aliphatic heterocycles. The molecule has 0 radical (unpaired) electrons. The smallest absolute Gasteiger partial charge is 0.411 e. The fourth-order valence-electron chi connectivity index (χ4n) is 5.33. The number of carbonyl (C=O) groups is 4. The highest BCUT2D eigenvalue weighted by Gasteiger charge is 2.52. The highest BCUT2D eigenvalue weighted by atomic mass is 16.6. The molecule has 6 atom stereocenters. The lowest BCUT2D eigenvalue weighted by molar-refractivity contribution is -0.138. The SMILES string of the molecule is CCC.CCC(C)C(C(CC)OC)N(C)C(=O)CNC(=O)C1C2CCC(C2)N1C(=O)OC(C)(C)C.CCNC=O. The molecule has 0 aromatic rings. The van der Waals surface area contributed by atoms with Crippen LogP contribution in [0.1, 0.15) is 101 Å². The Balaban J connectivity index is 0.00000167. The minimum absolute atomic E-state index is 0.0331. The van der Waals surface area contributed by atoms with Crippen molar-refractivity contribution in [1.29, 1.82) is 0 Å². The largest absolute Gasteiger partial charge is 0.444 e. The van der Waals surface area contributed by atoms with E-state index in [0.717, 1.165) is 38.6 Å². The summed E-state index contributed by atoms with van der Waals surface area (Å²) in [6.45, 7) is 18.5. The fraction of sp³-hybridized carbons (Fsp3) is 0.867. The Morgan fingerprint density at radius 3 is 2.10 bits per heavy atom. The number of likely N-dealkylation sites (tertiary alicyclic amines) is 1. The third kappa shape index (κ3) is 11.6. The van der Waals surface area contributed by atoms with Crippen molar-refractivity contribution in [2.24, 2.45) is 11.8 Å². The molecule has 1 saturated carbocycles. The zero-order valence-corrected chi connectivity index (χ0v) is 27.0. The number of methoxy groups -OCH3 is 1. The predicted molar refractivity (Wildman–Crippen MR) is 159 cm³/mol. The number of carbonyl (C=O) groups excluding carboxylic acids is 4. The van der Waals surface area contributed by atoms with E-state index >= 15 is 0 Å². The summed E-state index contributed by atoms with van der Waals surface area (Å²) < 4.78 is 11.2. The molecule has 2 N–H and O–H groups in total. The van der Waals surface area contributed by atoms with E-state index in [9.17, 15) is 19.2 Å². The number of hydrogen-bond acceptors (Lipinski definition) is 6. The molecule has 10 nitrogen and oxygen atoms in total. The number of amides is 4. The third-order valence-corrected chi connectivity index (χ3v) is 7.31. The van der Waals surface area contributed by atoms with Gasteiger partial charge in [0.1, 0.15) is 11.6 Å². The van der Waals surface area contributed by atoms with E-state index in [1.807, 2.05) is 34.6 Å². The minimum Gasteiger partial charge on any atom is -0.444 e. The van der Waals surface area contributed by atoms with Gasteiger partial charge in [0.25, 0.3) is 0 Å². The Morgan fingerprint density at radius 1 is 1.07 bits per heavy atom. The van der Waals surface area contributed by atoms with Crippen LogP contribution in [0, 0.1) is 11.8 Å². The lowest BCUT2D eigenvalue weighted by Crippen LogP contribution is -2.56. The molecule has 2 rings (SSSR count). The van der Waals surface area contributed by atoms with Crippen molar-refractivity contribution in [2.75, 3.05) is 27.2 Å². The van der Waals surface area contributed by atoms with E-state index in [4.69, 9.17) is 9.47 Å². The molecule has 0 spiro atoms. The normalized spacial score (nSPS) is 21.5. The average molecular weight is 571 g/mol. The topological polar surface area (TPSA) is 117 Å². The summed E-state index contributed by atoms with van der Waals surface area (Å²) in [7, 11) is 3.45. The molecule has 6 unspecified atom stereocenters. The second kappa shape index (κ2) is 18.9. The molecule has 1 aliphatic carbocycles. The fourth-order valence-corrected chi connectivity index (χ4v) is 5.33. The van der Waals surface area contributed by atoms with E-state index in [0.29, 0.717) is 6.41 Å². The molecular weight excluding hydrogens is 512 g/mol. The van der Waals surface area contributed by atoms with Crippen LogP contribution in [0.3, 0.4) is 0 Å². The number of hydrogen-bond donors (Lipinski definition) is 2. The average Bonchev–Trinajstić information content (AvgIpc) is 3.52. The molecule has 2 aliphatic rings. The first kappa shape index (κ1) is 37.6. The first-order valence-corrected chi connectivity index (χ1v) is 15.0. The van der Waals surface area contributed by atoms with Crippen LogP contribution in [0.5, 0.6) is 0 Å². The molecule has 40 heavy (non-hydrogen) atoms. The maximum absolute atomic E-state index is 13.1. The maximum Gasteiger partial charge on any atom is 0.411 e. The Kier molecular flexibility index (Phi) is 17.8. The Morgan fingerprint density at radius 2 is 1.68 bits per heavy atom. The zero-order valence-electron chi connectivity index (χ0n) is 27.0. The summed E-state index contributed by atoms with van der Waals surface area (Å²) in [6, 6.07) is -0.611. The quantitative estimate of drug-likeness (QED) is 0.357. The van der Waals surface area contributed by atoms with Gasteiger partial charge in [-0.3, -0.25) is 19.3 Å². The molecule has 2 bridgehead atoms. The Bertz CT molecular complexity index is 768. The van der Waals surface area contributed by atoms with Gasteiger partial charge in [0.15, 0.2) is 0 Å². The maximum atomic E-state index is 13.1. The lowest BCUT2D eigenvalue weighted by Gasteiger charge is -2.38. The number of nitrogens with zero attached hydrogens (tertiary/aromatic N) is 2. The van der Waals surface area contributed by atoms with Gasteiger partial charge < -0.3 is 25.0 Å². The molecule has 10 heteroatoms. The van der Waals surface area contributed by atoms with Crippen molar-refractivity contribution >= 4 is 24.3 Å². The van der Waals surface area contributed by atoms with Crippen molar-refractivity contribution in [3.8, 4) is 0 Å². The Labute approximate surface area is 243 Å². The van der Waals surface area contributed by atoms with Crippen molar-refractivity contribution < 1.29 is 28.7 Å². The van der Waals surface area contributed by atoms with Gasteiger partial charge in [-0.2, -0.15) is 0 Å². The molecule has 1 heterocycles. The van der Waals surface area contributed by atoms with E-state index in [1.165, 1.54) is 6.42 Å². The summed E-state index contributed by atoms with van der Waals surface area (Å²) in [5.41, 5.74) is -0.624. The van der Waals surface area contributed by atoms with E-state index in [-0.39, 0.29) is 48.4 Å². The third-order valence-electron chi connectivity index (χ3n) is 7.31. The Hall–Kier alpha value is -2.36. The van der Waals surface area contributed by atoms with Crippen molar-refractivity contribution in [1.82, 2.24) is 20.4 Å². The van der Waals surface area contributed by atoms with E-state index < -0.39 is 17.7 Å². The number of rotatable bonds is 11. The number of ether oxygens (including phenoxy) is 2. The molecule has 0 aromatic carbocycles. The van der Waals surface area contributed by atoms with Crippen LogP contribution < -0.4 is 10.6 Å². The standard InChI is InChI=1S/C24H43N3O5.C3H7NO.C3H8/c1-9-15(3)20(18(10-2)31-8)26(7)19(28)14-25-22(29)21-16-11-12-17(13-16)27(21)23(30)32-24(4,5)6;1-2-4-3-5;1-3-2/h15-18,20-21H,9-14H2,1-8H3,(H,25,29);3H,2H2,1H3,(H,4,5);3H2,1-2H3. The summed E-state index contributed by atoms with van der Waals surface area (Å²) >= 11 is 0. The number of fused-ring (bicyclic) bond motifs is 2. The summed E-state index contributed by atoms with van der Waals surface area (Å²) in [6.07, 6.45) is 5.75.